The average molecular weight is 250 g/mol. The number of aromatic amines is 1. The highest BCUT2D eigenvalue weighted by Gasteiger charge is 2.01. The molecule has 0 radical (unpaired) electrons. The van der Waals surface area contributed by atoms with Crippen LogP contribution in [-0.4, -0.2) is 24.7 Å². The molecule has 6 heteroatoms. The molecule has 0 spiro atoms. The van der Waals surface area contributed by atoms with Crippen LogP contribution in [0.2, 0.25) is 0 Å². The molecule has 1 aromatic carbocycles. The zero-order valence-corrected chi connectivity index (χ0v) is 9.89. The number of hydrogen-bond donors (Lipinski definition) is 1. The Bertz CT molecular complexity index is 554. The Kier molecular flexibility index (Phi) is 3.39. The first-order valence-electron chi connectivity index (χ1n) is 5.18. The van der Waals surface area contributed by atoms with Crippen molar-refractivity contribution in [2.24, 2.45) is 0 Å². The minimum atomic E-state index is 0. The predicted molar refractivity (Wildman–Crippen MR) is 67.1 cm³/mol. The summed E-state index contributed by atoms with van der Waals surface area (Å²) < 4.78 is 1.80. The lowest BCUT2D eigenvalue weighted by Gasteiger charge is -1.96. The van der Waals surface area contributed by atoms with Crippen molar-refractivity contribution < 1.29 is 0 Å². The van der Waals surface area contributed by atoms with Crippen molar-refractivity contribution in [3.63, 3.8) is 0 Å². The summed E-state index contributed by atoms with van der Waals surface area (Å²) >= 11 is 0. The molecule has 0 fully saturated rings. The Balaban J connectivity index is 0.00000108. The molecule has 0 saturated heterocycles. The fourth-order valence-electron chi connectivity index (χ4n) is 1.69. The van der Waals surface area contributed by atoms with E-state index in [1.54, 1.807) is 17.3 Å². The summed E-state index contributed by atoms with van der Waals surface area (Å²) in [6.45, 7) is 0.791. The Labute approximate surface area is 104 Å². The van der Waals surface area contributed by atoms with E-state index in [-0.39, 0.29) is 12.4 Å². The first kappa shape index (κ1) is 11.6. The monoisotopic (exact) mass is 249 g/mol. The van der Waals surface area contributed by atoms with Crippen molar-refractivity contribution in [3.8, 4) is 0 Å². The Morgan fingerprint density at radius 3 is 2.88 bits per heavy atom. The summed E-state index contributed by atoms with van der Waals surface area (Å²) in [5.74, 6) is 0.983. The number of aryl methyl sites for hydroxylation is 2. The molecule has 1 N–H and O–H groups in total. The van der Waals surface area contributed by atoms with Crippen LogP contribution in [-0.2, 0) is 13.0 Å². The third kappa shape index (κ3) is 2.45. The minimum Gasteiger partial charge on any atom is -0.342 e. The maximum Gasteiger partial charge on any atom is 0.137 e. The number of imidazole rings is 1. The molecule has 17 heavy (non-hydrogen) atoms. The number of fused-ring (bicyclic) bond motifs is 1. The van der Waals surface area contributed by atoms with Gasteiger partial charge in [0.2, 0.25) is 0 Å². The van der Waals surface area contributed by atoms with Crippen molar-refractivity contribution >= 4 is 23.4 Å². The van der Waals surface area contributed by atoms with Crippen LogP contribution in [0.25, 0.3) is 11.0 Å². The molecule has 0 bridgehead atoms. The normalized spacial score (nSPS) is 10.4. The Morgan fingerprint density at radius 1 is 1.24 bits per heavy atom. The molecule has 5 nitrogen and oxygen atoms in total. The van der Waals surface area contributed by atoms with Crippen LogP contribution in [0.15, 0.2) is 36.9 Å². The summed E-state index contributed by atoms with van der Waals surface area (Å²) in [5.41, 5.74) is 2.09. The van der Waals surface area contributed by atoms with Crippen LogP contribution >= 0.6 is 12.4 Å². The van der Waals surface area contributed by atoms with Gasteiger partial charge < -0.3 is 4.98 Å². The smallest absolute Gasteiger partial charge is 0.137 e. The molecule has 0 amide bonds. The van der Waals surface area contributed by atoms with Crippen molar-refractivity contribution in [2.45, 2.75) is 13.0 Å². The molecule has 2 aromatic heterocycles. The van der Waals surface area contributed by atoms with Gasteiger partial charge in [-0.2, -0.15) is 5.10 Å². The van der Waals surface area contributed by atoms with Gasteiger partial charge in [-0.05, 0) is 12.1 Å². The summed E-state index contributed by atoms with van der Waals surface area (Å²) in [6, 6.07) is 8.03. The summed E-state index contributed by atoms with van der Waals surface area (Å²) in [6.07, 6.45) is 4.08. The first-order chi connectivity index (χ1) is 7.92. The lowest BCUT2D eigenvalue weighted by atomic mass is 10.3. The van der Waals surface area contributed by atoms with E-state index in [0.717, 1.165) is 29.8 Å². The van der Waals surface area contributed by atoms with Gasteiger partial charge >= 0.3 is 0 Å². The first-order valence-corrected chi connectivity index (χ1v) is 5.18. The van der Waals surface area contributed by atoms with E-state index in [0.29, 0.717) is 0 Å². The van der Waals surface area contributed by atoms with Gasteiger partial charge in [0.1, 0.15) is 18.5 Å². The van der Waals surface area contributed by atoms with Crippen molar-refractivity contribution in [1.82, 2.24) is 24.7 Å². The van der Waals surface area contributed by atoms with Crippen LogP contribution in [0.4, 0.5) is 0 Å². The van der Waals surface area contributed by atoms with Crippen LogP contribution in [0.3, 0.4) is 0 Å². The van der Waals surface area contributed by atoms with E-state index in [1.807, 2.05) is 24.3 Å². The second-order valence-electron chi connectivity index (χ2n) is 3.61. The lowest BCUT2D eigenvalue weighted by Crippen LogP contribution is -2.02. The van der Waals surface area contributed by atoms with Crippen LogP contribution in [0.1, 0.15) is 5.82 Å². The topological polar surface area (TPSA) is 59.4 Å². The number of H-pyrrole nitrogens is 1. The molecule has 0 aliphatic carbocycles. The predicted octanol–water partition coefficient (Wildman–Crippen LogP) is 1.82. The molecule has 0 saturated carbocycles. The number of hydrogen-bond acceptors (Lipinski definition) is 3. The van der Waals surface area contributed by atoms with Crippen molar-refractivity contribution in [1.29, 1.82) is 0 Å². The van der Waals surface area contributed by atoms with E-state index in [4.69, 9.17) is 0 Å². The molecule has 88 valence electrons. The number of benzene rings is 1. The fourth-order valence-corrected chi connectivity index (χ4v) is 1.69. The maximum absolute atomic E-state index is 4.50. The second-order valence-corrected chi connectivity index (χ2v) is 3.61. The molecule has 2 heterocycles. The standard InChI is InChI=1S/C11H11N5.ClH/c1-2-4-10-9(3-1)14-11(15-10)5-6-16-8-12-7-13-16;/h1-4,7-8H,5-6H2,(H,14,15);1H. The minimum absolute atomic E-state index is 0. The van der Waals surface area contributed by atoms with Crippen molar-refractivity contribution in [3.05, 3.63) is 42.7 Å². The van der Waals surface area contributed by atoms with E-state index in [2.05, 4.69) is 20.1 Å². The van der Waals surface area contributed by atoms with Gasteiger partial charge in [0.15, 0.2) is 0 Å². The maximum atomic E-state index is 4.50. The van der Waals surface area contributed by atoms with Gasteiger partial charge in [-0.3, -0.25) is 4.68 Å². The van der Waals surface area contributed by atoms with Gasteiger partial charge in [-0.15, -0.1) is 12.4 Å². The SMILES string of the molecule is Cl.c1ccc2[nH]c(CCn3cncn3)nc2c1. The molecular formula is C11H12ClN5. The summed E-state index contributed by atoms with van der Waals surface area (Å²) in [7, 11) is 0. The third-order valence-electron chi connectivity index (χ3n) is 2.48. The number of nitrogens with one attached hydrogen (secondary N) is 1. The van der Waals surface area contributed by atoms with Gasteiger partial charge in [0.25, 0.3) is 0 Å². The number of nitrogens with zero attached hydrogens (tertiary/aromatic N) is 4. The van der Waals surface area contributed by atoms with Crippen LogP contribution < -0.4 is 0 Å². The quantitative estimate of drug-likeness (QED) is 0.770. The van der Waals surface area contributed by atoms with E-state index >= 15 is 0 Å². The van der Waals surface area contributed by atoms with Gasteiger partial charge in [0.05, 0.1) is 11.0 Å². The van der Waals surface area contributed by atoms with E-state index < -0.39 is 0 Å². The van der Waals surface area contributed by atoms with Gasteiger partial charge in [0, 0.05) is 13.0 Å². The van der Waals surface area contributed by atoms with Gasteiger partial charge in [-0.25, -0.2) is 9.97 Å². The molecule has 3 aromatic rings. The number of rotatable bonds is 3. The fraction of sp³-hybridized carbons (Fsp3) is 0.182. The largest absolute Gasteiger partial charge is 0.342 e. The Morgan fingerprint density at radius 2 is 2.12 bits per heavy atom. The number of halogens is 1. The third-order valence-corrected chi connectivity index (χ3v) is 2.48. The molecular weight excluding hydrogens is 238 g/mol. The highest BCUT2D eigenvalue weighted by atomic mass is 35.5. The number of para-hydroxylation sites is 2. The van der Waals surface area contributed by atoms with Crippen LogP contribution in [0, 0.1) is 0 Å². The van der Waals surface area contributed by atoms with Crippen molar-refractivity contribution in [2.75, 3.05) is 0 Å². The van der Waals surface area contributed by atoms with Gasteiger partial charge in [-0.1, -0.05) is 12.1 Å². The second kappa shape index (κ2) is 4.97. The zero-order chi connectivity index (χ0) is 10.8. The molecule has 0 aliphatic heterocycles. The summed E-state index contributed by atoms with van der Waals surface area (Å²) in [5, 5.41) is 4.05. The Hall–Kier alpha value is -1.88. The summed E-state index contributed by atoms with van der Waals surface area (Å²) in [4.78, 5) is 11.7. The zero-order valence-electron chi connectivity index (χ0n) is 9.08. The molecule has 3 rings (SSSR count). The highest BCUT2D eigenvalue weighted by Crippen LogP contribution is 2.10. The highest BCUT2D eigenvalue weighted by molar-refractivity contribution is 5.85. The lowest BCUT2D eigenvalue weighted by molar-refractivity contribution is 0.602. The van der Waals surface area contributed by atoms with E-state index in [1.165, 1.54) is 0 Å². The molecule has 0 aliphatic rings. The molecule has 0 atom stereocenters. The number of aromatic nitrogens is 5. The van der Waals surface area contributed by atoms with Crippen LogP contribution in [0.5, 0.6) is 0 Å². The average Bonchev–Trinajstić information content (AvgIpc) is 2.95. The van der Waals surface area contributed by atoms with E-state index in [9.17, 15) is 0 Å². The molecule has 0 unspecified atom stereocenters.